The van der Waals surface area contributed by atoms with Gasteiger partial charge in [-0.1, -0.05) is 42.6 Å². The summed E-state index contributed by atoms with van der Waals surface area (Å²) in [4.78, 5) is 10.2. The lowest BCUT2D eigenvalue weighted by Gasteiger charge is -2.13. The Bertz CT molecular complexity index is 406. The highest BCUT2D eigenvalue weighted by molar-refractivity contribution is 9.10. The van der Waals surface area contributed by atoms with Crippen LogP contribution in [0.5, 0.6) is 0 Å². The predicted octanol–water partition coefficient (Wildman–Crippen LogP) is 3.88. The van der Waals surface area contributed by atoms with Gasteiger partial charge in [-0.3, -0.25) is 10.1 Å². The number of hydrogen-bond donors (Lipinski definition) is 1. The summed E-state index contributed by atoms with van der Waals surface area (Å²) in [6, 6.07) is 4.88. The van der Waals surface area contributed by atoms with Crippen LogP contribution < -0.4 is 5.32 Å². The van der Waals surface area contributed by atoms with Gasteiger partial charge in [0.1, 0.15) is 0 Å². The molecule has 0 aliphatic rings. The van der Waals surface area contributed by atoms with Crippen LogP contribution in [0.2, 0.25) is 0 Å². The fourth-order valence-electron chi connectivity index (χ4n) is 1.78. The first-order valence-electron chi connectivity index (χ1n) is 6.22. The van der Waals surface area contributed by atoms with Crippen LogP contribution in [-0.2, 0) is 6.54 Å². The summed E-state index contributed by atoms with van der Waals surface area (Å²) in [6.45, 7) is 6.10. The molecule has 1 aromatic carbocycles. The van der Waals surface area contributed by atoms with Crippen LogP contribution in [0.15, 0.2) is 22.7 Å². The van der Waals surface area contributed by atoms with Crippen molar-refractivity contribution in [3.05, 3.63) is 38.3 Å². The van der Waals surface area contributed by atoms with Gasteiger partial charge in [-0.2, -0.15) is 0 Å². The molecule has 0 amide bonds. The van der Waals surface area contributed by atoms with Crippen LogP contribution in [0.4, 0.5) is 5.69 Å². The molecule has 0 aromatic heterocycles. The number of nitro benzene ring substituents is 1. The molecule has 0 saturated carbocycles. The maximum atomic E-state index is 10.6. The largest absolute Gasteiger partial charge is 0.312 e. The van der Waals surface area contributed by atoms with E-state index in [0.717, 1.165) is 23.1 Å². The summed E-state index contributed by atoms with van der Waals surface area (Å²) in [5, 5.41) is 14.0. The van der Waals surface area contributed by atoms with Gasteiger partial charge >= 0.3 is 0 Å². The molecule has 0 atom stereocenters. The molecule has 5 heteroatoms. The van der Waals surface area contributed by atoms with Crippen LogP contribution in [0.1, 0.15) is 32.3 Å². The Morgan fingerprint density at radius 3 is 2.56 bits per heavy atom. The van der Waals surface area contributed by atoms with Gasteiger partial charge in [-0.15, -0.1) is 0 Å². The maximum Gasteiger partial charge on any atom is 0.270 e. The zero-order chi connectivity index (χ0) is 13.5. The minimum Gasteiger partial charge on any atom is -0.312 e. The third-order valence-electron chi connectivity index (χ3n) is 3.15. The fraction of sp³-hybridized carbons (Fsp3) is 0.538. The summed E-state index contributed by atoms with van der Waals surface area (Å²) in [5.74, 6) is 0.696. The maximum absolute atomic E-state index is 10.6. The molecule has 0 radical (unpaired) electrons. The SMILES string of the molecule is CCC(CC)CNCc1ccc([N+](=O)[O-])cc1Br. The van der Waals surface area contributed by atoms with Crippen molar-refractivity contribution >= 4 is 21.6 Å². The van der Waals surface area contributed by atoms with E-state index in [1.807, 2.05) is 0 Å². The third kappa shape index (κ3) is 4.38. The van der Waals surface area contributed by atoms with E-state index < -0.39 is 0 Å². The second-order valence-electron chi connectivity index (χ2n) is 4.35. The molecule has 0 aliphatic heterocycles. The van der Waals surface area contributed by atoms with E-state index in [1.165, 1.54) is 12.8 Å². The monoisotopic (exact) mass is 314 g/mol. The van der Waals surface area contributed by atoms with Gasteiger partial charge in [-0.05, 0) is 24.1 Å². The van der Waals surface area contributed by atoms with Crippen molar-refractivity contribution < 1.29 is 4.92 Å². The van der Waals surface area contributed by atoms with E-state index >= 15 is 0 Å². The average molecular weight is 315 g/mol. The first-order chi connectivity index (χ1) is 8.58. The molecule has 0 spiro atoms. The number of nitrogens with one attached hydrogen (secondary N) is 1. The van der Waals surface area contributed by atoms with E-state index in [1.54, 1.807) is 18.2 Å². The number of nitrogens with zero attached hydrogens (tertiary/aromatic N) is 1. The zero-order valence-corrected chi connectivity index (χ0v) is 12.4. The molecule has 100 valence electrons. The Hall–Kier alpha value is -0.940. The van der Waals surface area contributed by atoms with Gasteiger partial charge in [0.15, 0.2) is 0 Å². The van der Waals surface area contributed by atoms with Crippen molar-refractivity contribution in [1.82, 2.24) is 5.32 Å². The van der Waals surface area contributed by atoms with Crippen molar-refractivity contribution in [3.63, 3.8) is 0 Å². The third-order valence-corrected chi connectivity index (χ3v) is 3.89. The van der Waals surface area contributed by atoms with Crippen molar-refractivity contribution in [2.24, 2.45) is 5.92 Å². The normalized spacial score (nSPS) is 10.9. The fourth-order valence-corrected chi connectivity index (χ4v) is 2.29. The van der Waals surface area contributed by atoms with Gasteiger partial charge in [0.05, 0.1) is 4.92 Å². The second-order valence-corrected chi connectivity index (χ2v) is 5.20. The van der Waals surface area contributed by atoms with Gasteiger partial charge in [-0.25, -0.2) is 0 Å². The van der Waals surface area contributed by atoms with E-state index in [-0.39, 0.29) is 10.6 Å². The Labute approximate surface area is 116 Å². The minimum atomic E-state index is -0.383. The number of benzene rings is 1. The van der Waals surface area contributed by atoms with E-state index in [4.69, 9.17) is 0 Å². The van der Waals surface area contributed by atoms with Crippen molar-refractivity contribution in [2.75, 3.05) is 6.54 Å². The number of non-ortho nitro benzene ring substituents is 1. The smallest absolute Gasteiger partial charge is 0.270 e. The molecular formula is C13H19BrN2O2. The number of hydrogen-bond acceptors (Lipinski definition) is 3. The molecule has 0 fully saturated rings. The van der Waals surface area contributed by atoms with Crippen LogP contribution in [-0.4, -0.2) is 11.5 Å². The second kappa shape index (κ2) is 7.48. The molecule has 1 N–H and O–H groups in total. The van der Waals surface area contributed by atoms with Crippen molar-refractivity contribution in [3.8, 4) is 0 Å². The Kier molecular flexibility index (Phi) is 6.29. The van der Waals surface area contributed by atoms with E-state index in [9.17, 15) is 10.1 Å². The molecular weight excluding hydrogens is 296 g/mol. The molecule has 0 heterocycles. The van der Waals surface area contributed by atoms with Crippen LogP contribution in [0, 0.1) is 16.0 Å². The molecule has 1 aromatic rings. The highest BCUT2D eigenvalue weighted by Gasteiger charge is 2.09. The zero-order valence-electron chi connectivity index (χ0n) is 10.8. The first kappa shape index (κ1) is 15.1. The lowest BCUT2D eigenvalue weighted by Crippen LogP contribution is -2.21. The lowest BCUT2D eigenvalue weighted by atomic mass is 10.0. The van der Waals surface area contributed by atoms with E-state index in [0.29, 0.717) is 5.92 Å². The van der Waals surface area contributed by atoms with Crippen molar-refractivity contribution in [1.29, 1.82) is 0 Å². The summed E-state index contributed by atoms with van der Waals surface area (Å²) < 4.78 is 0.786. The summed E-state index contributed by atoms with van der Waals surface area (Å²) >= 11 is 3.37. The van der Waals surface area contributed by atoms with Crippen LogP contribution in [0.25, 0.3) is 0 Å². The van der Waals surface area contributed by atoms with Gasteiger partial charge in [0.25, 0.3) is 5.69 Å². The predicted molar refractivity (Wildman–Crippen MR) is 76.6 cm³/mol. The topological polar surface area (TPSA) is 55.2 Å². The van der Waals surface area contributed by atoms with Crippen LogP contribution >= 0.6 is 15.9 Å². The van der Waals surface area contributed by atoms with Crippen LogP contribution in [0.3, 0.4) is 0 Å². The Morgan fingerprint density at radius 1 is 1.39 bits per heavy atom. The Morgan fingerprint density at radius 2 is 2.06 bits per heavy atom. The minimum absolute atomic E-state index is 0.116. The molecule has 1 rings (SSSR count). The quantitative estimate of drug-likeness (QED) is 0.613. The highest BCUT2D eigenvalue weighted by Crippen LogP contribution is 2.22. The summed E-state index contributed by atoms with van der Waals surface area (Å²) in [5.41, 5.74) is 1.16. The highest BCUT2D eigenvalue weighted by atomic mass is 79.9. The molecule has 18 heavy (non-hydrogen) atoms. The molecule has 0 unspecified atom stereocenters. The van der Waals surface area contributed by atoms with Crippen molar-refractivity contribution in [2.45, 2.75) is 33.2 Å². The average Bonchev–Trinajstić information content (AvgIpc) is 2.36. The lowest BCUT2D eigenvalue weighted by molar-refractivity contribution is -0.384. The summed E-state index contributed by atoms with van der Waals surface area (Å²) in [7, 11) is 0. The molecule has 0 saturated heterocycles. The number of rotatable bonds is 7. The van der Waals surface area contributed by atoms with E-state index in [2.05, 4.69) is 35.1 Å². The number of nitro groups is 1. The van der Waals surface area contributed by atoms with Gasteiger partial charge in [0.2, 0.25) is 0 Å². The summed E-state index contributed by atoms with van der Waals surface area (Å²) in [6.07, 6.45) is 2.34. The molecule has 0 bridgehead atoms. The Balaban J connectivity index is 2.55. The van der Waals surface area contributed by atoms with Gasteiger partial charge < -0.3 is 5.32 Å². The molecule has 4 nitrogen and oxygen atoms in total. The first-order valence-corrected chi connectivity index (χ1v) is 7.01. The van der Waals surface area contributed by atoms with Gasteiger partial charge in [0, 0.05) is 23.2 Å². The standard InChI is InChI=1S/C13H19BrN2O2/c1-3-10(4-2)8-15-9-11-5-6-12(16(17)18)7-13(11)14/h5-7,10,15H,3-4,8-9H2,1-2H3. The number of halogens is 1. The molecule has 0 aliphatic carbocycles.